The van der Waals surface area contributed by atoms with Crippen LogP contribution in [0.25, 0.3) is 23.0 Å². The van der Waals surface area contributed by atoms with E-state index in [-0.39, 0.29) is 0 Å². The van der Waals surface area contributed by atoms with Gasteiger partial charge in [0.25, 0.3) is 5.89 Å². The average molecular weight is 283 g/mol. The summed E-state index contributed by atoms with van der Waals surface area (Å²) in [7, 11) is 1.53. The highest BCUT2D eigenvalue weighted by Gasteiger charge is 2.15. The largest absolute Gasteiger partial charge is 0.481 e. The van der Waals surface area contributed by atoms with Crippen molar-refractivity contribution >= 4 is 5.69 Å². The Labute approximate surface area is 120 Å². The van der Waals surface area contributed by atoms with E-state index in [2.05, 4.69) is 20.1 Å². The van der Waals surface area contributed by atoms with Crippen molar-refractivity contribution in [1.29, 1.82) is 0 Å². The molecule has 2 aromatic heterocycles. The zero-order chi connectivity index (χ0) is 14.8. The van der Waals surface area contributed by atoms with E-state index in [1.165, 1.54) is 13.4 Å². The minimum atomic E-state index is 0.351. The van der Waals surface area contributed by atoms with Gasteiger partial charge in [0, 0.05) is 11.8 Å². The lowest BCUT2D eigenvalue weighted by Crippen LogP contribution is -1.94. The van der Waals surface area contributed by atoms with Gasteiger partial charge in [0.1, 0.15) is 12.0 Å². The minimum absolute atomic E-state index is 0.351. The van der Waals surface area contributed by atoms with Gasteiger partial charge < -0.3 is 15.0 Å². The molecule has 3 rings (SSSR count). The first kappa shape index (κ1) is 13.0. The first-order valence-electron chi connectivity index (χ1n) is 6.24. The molecule has 2 N–H and O–H groups in total. The van der Waals surface area contributed by atoms with Gasteiger partial charge in [-0.15, -0.1) is 0 Å². The Morgan fingerprint density at radius 2 is 2.10 bits per heavy atom. The zero-order valence-electron chi connectivity index (χ0n) is 11.6. The van der Waals surface area contributed by atoms with Crippen LogP contribution in [0.3, 0.4) is 0 Å². The van der Waals surface area contributed by atoms with E-state index in [4.69, 9.17) is 15.0 Å². The molecule has 106 valence electrons. The number of aromatic nitrogens is 4. The molecule has 0 amide bonds. The monoisotopic (exact) mass is 283 g/mol. The summed E-state index contributed by atoms with van der Waals surface area (Å²) in [6, 6.07) is 7.28. The van der Waals surface area contributed by atoms with Crippen LogP contribution in [0.1, 0.15) is 5.56 Å². The molecule has 0 spiro atoms. The second kappa shape index (κ2) is 5.20. The van der Waals surface area contributed by atoms with Crippen molar-refractivity contribution < 1.29 is 9.26 Å². The molecule has 0 aliphatic heterocycles. The number of rotatable bonds is 3. The molecule has 0 atom stereocenters. The fourth-order valence-electron chi connectivity index (χ4n) is 1.88. The average Bonchev–Trinajstić information content (AvgIpc) is 3.00. The highest BCUT2D eigenvalue weighted by atomic mass is 16.5. The van der Waals surface area contributed by atoms with Gasteiger partial charge in [-0.1, -0.05) is 17.3 Å². The van der Waals surface area contributed by atoms with Crippen LogP contribution in [0.15, 0.2) is 35.1 Å². The number of para-hydroxylation sites is 1. The lowest BCUT2D eigenvalue weighted by atomic mass is 10.1. The summed E-state index contributed by atoms with van der Waals surface area (Å²) >= 11 is 0. The molecule has 3 aromatic rings. The number of ether oxygens (including phenoxy) is 1. The second-order valence-electron chi connectivity index (χ2n) is 4.40. The molecule has 7 heteroatoms. The number of methoxy groups -OCH3 is 1. The fourth-order valence-corrected chi connectivity index (χ4v) is 1.88. The number of anilines is 1. The molecule has 7 nitrogen and oxygen atoms in total. The number of hydrogen-bond acceptors (Lipinski definition) is 7. The third kappa shape index (κ3) is 2.40. The SMILES string of the molecule is COc1cc(-c2noc(-c3cccc(C)c3N)n2)ncn1. The molecule has 0 unspecified atom stereocenters. The van der Waals surface area contributed by atoms with Crippen molar-refractivity contribution in [3.8, 4) is 28.9 Å². The van der Waals surface area contributed by atoms with E-state index in [9.17, 15) is 0 Å². The van der Waals surface area contributed by atoms with Crippen molar-refractivity contribution in [2.24, 2.45) is 0 Å². The fraction of sp³-hybridized carbons (Fsp3) is 0.143. The van der Waals surface area contributed by atoms with Crippen LogP contribution in [0, 0.1) is 6.92 Å². The summed E-state index contributed by atoms with van der Waals surface area (Å²) in [5.74, 6) is 1.14. The number of hydrogen-bond donors (Lipinski definition) is 1. The molecule has 0 fully saturated rings. The highest BCUT2D eigenvalue weighted by Crippen LogP contribution is 2.28. The smallest absolute Gasteiger partial charge is 0.260 e. The zero-order valence-corrected chi connectivity index (χ0v) is 11.6. The maximum absolute atomic E-state index is 6.03. The lowest BCUT2D eigenvalue weighted by molar-refractivity contribution is 0.397. The first-order chi connectivity index (χ1) is 10.2. The van der Waals surface area contributed by atoms with Crippen molar-refractivity contribution in [3.05, 3.63) is 36.2 Å². The Balaban J connectivity index is 2.01. The van der Waals surface area contributed by atoms with Gasteiger partial charge in [-0.05, 0) is 18.6 Å². The van der Waals surface area contributed by atoms with Crippen molar-refractivity contribution in [3.63, 3.8) is 0 Å². The van der Waals surface area contributed by atoms with Crippen molar-refractivity contribution in [2.75, 3.05) is 12.8 Å². The van der Waals surface area contributed by atoms with E-state index in [1.807, 2.05) is 25.1 Å². The number of nitrogens with zero attached hydrogens (tertiary/aromatic N) is 4. The third-order valence-corrected chi connectivity index (χ3v) is 3.06. The van der Waals surface area contributed by atoms with Gasteiger partial charge in [-0.3, -0.25) is 0 Å². The van der Waals surface area contributed by atoms with E-state index in [1.54, 1.807) is 6.07 Å². The summed E-state index contributed by atoms with van der Waals surface area (Å²) in [5, 5.41) is 3.92. The van der Waals surface area contributed by atoms with Gasteiger partial charge in [-0.2, -0.15) is 4.98 Å². The molecule has 0 saturated heterocycles. The first-order valence-corrected chi connectivity index (χ1v) is 6.24. The van der Waals surface area contributed by atoms with Crippen molar-refractivity contribution in [2.45, 2.75) is 6.92 Å². The summed E-state index contributed by atoms with van der Waals surface area (Å²) in [6.07, 6.45) is 1.38. The van der Waals surface area contributed by atoms with Gasteiger partial charge in [0.2, 0.25) is 11.7 Å². The number of nitrogens with two attached hydrogens (primary N) is 1. The summed E-state index contributed by atoms with van der Waals surface area (Å²) < 4.78 is 10.3. The number of nitrogen functional groups attached to an aromatic ring is 1. The molecule has 1 aromatic carbocycles. The molecule has 2 heterocycles. The molecule has 0 aliphatic rings. The maximum Gasteiger partial charge on any atom is 0.260 e. The Bertz CT molecular complexity index is 785. The molecule has 0 bridgehead atoms. The predicted octanol–water partition coefficient (Wildman–Crippen LogP) is 2.09. The Kier molecular flexibility index (Phi) is 3.23. The minimum Gasteiger partial charge on any atom is -0.481 e. The lowest BCUT2D eigenvalue weighted by Gasteiger charge is -2.03. The molecule has 0 radical (unpaired) electrons. The van der Waals surface area contributed by atoms with Crippen LogP contribution < -0.4 is 10.5 Å². The number of aryl methyl sites for hydroxylation is 1. The molecule has 21 heavy (non-hydrogen) atoms. The maximum atomic E-state index is 6.03. The molecule has 0 aliphatic carbocycles. The summed E-state index contributed by atoms with van der Waals surface area (Å²) in [6.45, 7) is 1.92. The van der Waals surface area contributed by atoms with E-state index >= 15 is 0 Å². The summed E-state index contributed by atoms with van der Waals surface area (Å²) in [4.78, 5) is 12.4. The van der Waals surface area contributed by atoms with E-state index in [0.717, 1.165) is 5.56 Å². The highest BCUT2D eigenvalue weighted by molar-refractivity contribution is 5.73. The summed E-state index contributed by atoms with van der Waals surface area (Å²) in [5.41, 5.74) is 8.83. The van der Waals surface area contributed by atoms with Gasteiger partial charge in [0.05, 0.1) is 12.7 Å². The van der Waals surface area contributed by atoms with Gasteiger partial charge in [0.15, 0.2) is 0 Å². The van der Waals surface area contributed by atoms with E-state index in [0.29, 0.717) is 34.5 Å². The Morgan fingerprint density at radius 1 is 1.24 bits per heavy atom. The van der Waals surface area contributed by atoms with Crippen LogP contribution >= 0.6 is 0 Å². The third-order valence-electron chi connectivity index (χ3n) is 3.06. The topological polar surface area (TPSA) is 100.0 Å². The standard InChI is InChI=1S/C14H13N5O2/c1-8-4-3-5-9(12(8)15)14-18-13(19-21-14)10-6-11(20-2)17-7-16-10/h3-7H,15H2,1-2H3. The second-order valence-corrected chi connectivity index (χ2v) is 4.40. The van der Waals surface area contributed by atoms with E-state index < -0.39 is 0 Å². The van der Waals surface area contributed by atoms with Crippen LogP contribution in [0.5, 0.6) is 5.88 Å². The quantitative estimate of drug-likeness (QED) is 0.734. The predicted molar refractivity (Wildman–Crippen MR) is 76.5 cm³/mol. The Hall–Kier alpha value is -2.96. The van der Waals surface area contributed by atoms with Gasteiger partial charge in [-0.25, -0.2) is 9.97 Å². The van der Waals surface area contributed by atoms with Crippen LogP contribution in [-0.4, -0.2) is 27.2 Å². The normalized spacial score (nSPS) is 10.6. The van der Waals surface area contributed by atoms with Crippen LogP contribution in [0.4, 0.5) is 5.69 Å². The van der Waals surface area contributed by atoms with Crippen molar-refractivity contribution in [1.82, 2.24) is 20.1 Å². The van der Waals surface area contributed by atoms with Gasteiger partial charge >= 0.3 is 0 Å². The number of benzene rings is 1. The molecular formula is C14H13N5O2. The molecule has 0 saturated carbocycles. The van der Waals surface area contributed by atoms with Crippen LogP contribution in [0.2, 0.25) is 0 Å². The Morgan fingerprint density at radius 3 is 2.90 bits per heavy atom. The van der Waals surface area contributed by atoms with Crippen LogP contribution in [-0.2, 0) is 0 Å². The molecular weight excluding hydrogens is 270 g/mol.